The molecule has 1 aromatic carbocycles. The first-order valence-corrected chi connectivity index (χ1v) is 11.1. The summed E-state index contributed by atoms with van der Waals surface area (Å²) in [5.74, 6) is -0.199. The molecule has 1 amide bonds. The van der Waals surface area contributed by atoms with Crippen LogP contribution in [0.3, 0.4) is 0 Å². The Bertz CT molecular complexity index is 913. The van der Waals surface area contributed by atoms with E-state index in [1.54, 1.807) is 18.3 Å². The van der Waals surface area contributed by atoms with Crippen molar-refractivity contribution in [2.45, 2.75) is 37.1 Å². The number of aromatic nitrogens is 1. The fourth-order valence-corrected chi connectivity index (χ4v) is 5.08. The third-order valence-electron chi connectivity index (χ3n) is 4.92. The molecular formula is C20H24ClN3O3S. The number of nitrogens with zero attached hydrogens (tertiary/aromatic N) is 2. The quantitative estimate of drug-likeness (QED) is 0.777. The fraction of sp³-hybridized carbons (Fsp3) is 0.400. The smallest absolute Gasteiger partial charge is 0.244 e. The zero-order valence-corrected chi connectivity index (χ0v) is 17.3. The van der Waals surface area contributed by atoms with Crippen LogP contribution in [-0.4, -0.2) is 42.7 Å². The Kier molecular flexibility index (Phi) is 6.69. The molecular weight excluding hydrogens is 398 g/mol. The molecule has 1 aliphatic heterocycles. The van der Waals surface area contributed by atoms with E-state index in [0.29, 0.717) is 37.4 Å². The van der Waals surface area contributed by atoms with Crippen molar-refractivity contribution in [2.24, 2.45) is 5.92 Å². The van der Waals surface area contributed by atoms with Crippen molar-refractivity contribution in [1.82, 2.24) is 14.6 Å². The Labute approximate surface area is 171 Å². The molecule has 6 nitrogen and oxygen atoms in total. The molecule has 28 heavy (non-hydrogen) atoms. The third kappa shape index (κ3) is 5.10. The van der Waals surface area contributed by atoms with Gasteiger partial charge < -0.3 is 5.32 Å². The molecule has 1 fully saturated rings. The van der Waals surface area contributed by atoms with E-state index in [1.807, 2.05) is 31.2 Å². The van der Waals surface area contributed by atoms with Gasteiger partial charge in [-0.3, -0.25) is 9.78 Å². The van der Waals surface area contributed by atoms with Gasteiger partial charge in [-0.2, -0.15) is 4.31 Å². The summed E-state index contributed by atoms with van der Waals surface area (Å²) in [4.78, 5) is 16.6. The van der Waals surface area contributed by atoms with Crippen molar-refractivity contribution in [3.63, 3.8) is 0 Å². The van der Waals surface area contributed by atoms with Crippen molar-refractivity contribution in [3.8, 4) is 0 Å². The summed E-state index contributed by atoms with van der Waals surface area (Å²) in [5.41, 5.74) is 1.07. The normalized spacial score (nSPS) is 17.2. The van der Waals surface area contributed by atoms with Crippen LogP contribution in [0, 0.1) is 5.92 Å². The van der Waals surface area contributed by atoms with E-state index < -0.39 is 10.0 Å². The first-order valence-electron chi connectivity index (χ1n) is 9.31. The Balaban J connectivity index is 1.52. The van der Waals surface area contributed by atoms with Crippen LogP contribution in [0.4, 0.5) is 0 Å². The molecule has 0 bridgehead atoms. The van der Waals surface area contributed by atoms with E-state index >= 15 is 0 Å². The maximum Gasteiger partial charge on any atom is 0.244 e. The number of hydrogen-bond donors (Lipinski definition) is 1. The van der Waals surface area contributed by atoms with Crippen LogP contribution in [0.25, 0.3) is 0 Å². The van der Waals surface area contributed by atoms with Gasteiger partial charge in [0.05, 0.1) is 0 Å². The van der Waals surface area contributed by atoms with Crippen molar-refractivity contribution < 1.29 is 13.2 Å². The number of amides is 1. The minimum atomic E-state index is -3.55. The van der Waals surface area contributed by atoms with Crippen molar-refractivity contribution in [3.05, 3.63) is 59.4 Å². The number of sulfonamides is 1. The van der Waals surface area contributed by atoms with Gasteiger partial charge in [-0.1, -0.05) is 23.7 Å². The predicted octanol–water partition coefficient (Wildman–Crippen LogP) is 2.88. The fourth-order valence-electron chi connectivity index (χ4n) is 3.44. The Morgan fingerprint density at radius 2 is 2.04 bits per heavy atom. The maximum atomic E-state index is 12.6. The average molecular weight is 422 g/mol. The summed E-state index contributed by atoms with van der Waals surface area (Å²) in [6.07, 6.45) is 4.61. The molecule has 3 rings (SSSR count). The summed E-state index contributed by atoms with van der Waals surface area (Å²) >= 11 is 6.01. The van der Waals surface area contributed by atoms with E-state index in [9.17, 15) is 13.2 Å². The van der Waals surface area contributed by atoms with Gasteiger partial charge in [0, 0.05) is 42.5 Å². The highest BCUT2D eigenvalue weighted by molar-refractivity contribution is 7.89. The number of carbonyl (C=O) groups is 1. The van der Waals surface area contributed by atoms with Crippen LogP contribution >= 0.6 is 11.6 Å². The minimum absolute atomic E-state index is 0.0204. The highest BCUT2D eigenvalue weighted by atomic mass is 35.5. The third-order valence-corrected chi connectivity index (χ3v) is 7.03. The topological polar surface area (TPSA) is 79.4 Å². The van der Waals surface area contributed by atoms with Crippen LogP contribution in [0.5, 0.6) is 0 Å². The molecule has 0 spiro atoms. The van der Waals surface area contributed by atoms with E-state index in [2.05, 4.69) is 10.3 Å². The predicted molar refractivity (Wildman–Crippen MR) is 108 cm³/mol. The Morgan fingerprint density at radius 1 is 1.29 bits per heavy atom. The van der Waals surface area contributed by atoms with Gasteiger partial charge in [-0.25, -0.2) is 8.42 Å². The van der Waals surface area contributed by atoms with Crippen LogP contribution < -0.4 is 5.32 Å². The summed E-state index contributed by atoms with van der Waals surface area (Å²) in [6.45, 7) is 2.62. The number of piperidine rings is 1. The second-order valence-electron chi connectivity index (χ2n) is 7.11. The molecule has 1 aliphatic rings. The second-order valence-corrected chi connectivity index (χ2v) is 9.49. The molecule has 1 saturated heterocycles. The van der Waals surface area contributed by atoms with Gasteiger partial charge >= 0.3 is 0 Å². The molecule has 0 saturated carbocycles. The lowest BCUT2D eigenvalue weighted by Gasteiger charge is -2.31. The molecule has 1 atom stereocenters. The molecule has 0 radical (unpaired) electrons. The monoisotopic (exact) mass is 421 g/mol. The molecule has 150 valence electrons. The number of hydrogen-bond acceptors (Lipinski definition) is 4. The number of halogens is 1. The van der Waals surface area contributed by atoms with Gasteiger partial charge in [-0.05, 0) is 56.0 Å². The summed E-state index contributed by atoms with van der Waals surface area (Å²) in [6, 6.07) is 10.7. The van der Waals surface area contributed by atoms with E-state index in [1.165, 1.54) is 10.5 Å². The van der Waals surface area contributed by atoms with E-state index in [0.717, 1.165) is 5.56 Å². The number of carbonyl (C=O) groups excluding carboxylic acids is 1. The summed E-state index contributed by atoms with van der Waals surface area (Å²) in [7, 11) is -3.55. The lowest BCUT2D eigenvalue weighted by molar-refractivity contribution is -0.126. The summed E-state index contributed by atoms with van der Waals surface area (Å²) < 4.78 is 26.7. The van der Waals surface area contributed by atoms with Crippen molar-refractivity contribution in [2.75, 3.05) is 13.1 Å². The van der Waals surface area contributed by atoms with Gasteiger partial charge in [0.1, 0.15) is 4.90 Å². The molecule has 2 heterocycles. The minimum Gasteiger partial charge on any atom is -0.353 e. The van der Waals surface area contributed by atoms with Crippen LogP contribution in [0.15, 0.2) is 53.7 Å². The highest BCUT2D eigenvalue weighted by Crippen LogP contribution is 2.23. The van der Waals surface area contributed by atoms with Gasteiger partial charge in [0.15, 0.2) is 0 Å². The number of benzene rings is 1. The van der Waals surface area contributed by atoms with Crippen LogP contribution in [-0.2, 0) is 21.2 Å². The largest absolute Gasteiger partial charge is 0.353 e. The molecule has 1 aromatic heterocycles. The van der Waals surface area contributed by atoms with Gasteiger partial charge in [-0.15, -0.1) is 0 Å². The summed E-state index contributed by atoms with van der Waals surface area (Å²) in [5, 5.41) is 3.72. The second kappa shape index (κ2) is 9.03. The molecule has 0 unspecified atom stereocenters. The van der Waals surface area contributed by atoms with Gasteiger partial charge in [0.25, 0.3) is 0 Å². The first kappa shape index (κ1) is 20.8. The van der Waals surface area contributed by atoms with Crippen LogP contribution in [0.1, 0.15) is 25.3 Å². The molecule has 2 aromatic rings. The lowest BCUT2D eigenvalue weighted by Crippen LogP contribution is -2.45. The Morgan fingerprint density at radius 3 is 2.68 bits per heavy atom. The zero-order valence-electron chi connectivity index (χ0n) is 15.7. The van der Waals surface area contributed by atoms with Crippen molar-refractivity contribution in [1.29, 1.82) is 0 Å². The van der Waals surface area contributed by atoms with Gasteiger partial charge in [0.2, 0.25) is 15.9 Å². The number of rotatable bonds is 6. The zero-order chi connectivity index (χ0) is 20.1. The highest BCUT2D eigenvalue weighted by Gasteiger charge is 2.32. The number of pyridine rings is 1. The first-order chi connectivity index (χ1) is 13.4. The standard InChI is InChI=1S/C20H24ClN3O3S/c1-15(12-16-4-2-5-18(21)13-16)23-20(25)17-7-10-24(11-8-17)28(26,27)19-6-3-9-22-14-19/h2-6,9,13-15,17H,7-8,10-12H2,1H3,(H,23,25)/t15-/m0/s1. The Hall–Kier alpha value is -1.96. The average Bonchev–Trinajstić information content (AvgIpc) is 2.68. The number of nitrogens with one attached hydrogen (secondary N) is 1. The molecule has 1 N–H and O–H groups in total. The lowest BCUT2D eigenvalue weighted by atomic mass is 9.96. The van der Waals surface area contributed by atoms with Crippen LogP contribution in [0.2, 0.25) is 5.02 Å². The SMILES string of the molecule is C[C@@H](Cc1cccc(Cl)c1)NC(=O)C1CCN(S(=O)(=O)c2cccnc2)CC1. The van der Waals surface area contributed by atoms with E-state index in [-0.39, 0.29) is 22.8 Å². The molecule has 0 aliphatic carbocycles. The van der Waals surface area contributed by atoms with E-state index in [4.69, 9.17) is 11.6 Å². The maximum absolute atomic E-state index is 12.6. The molecule has 8 heteroatoms. The van der Waals surface area contributed by atoms with Crippen molar-refractivity contribution >= 4 is 27.5 Å².